The first-order chi connectivity index (χ1) is 18.5. The number of aliphatic hydroxyl groups is 1. The lowest BCUT2D eigenvalue weighted by molar-refractivity contribution is -0.186. The first-order valence-electron chi connectivity index (χ1n) is 14.1. The second kappa shape index (κ2) is 14.6. The van der Waals surface area contributed by atoms with Gasteiger partial charge in [-0.15, -0.1) is 53.6 Å². The summed E-state index contributed by atoms with van der Waals surface area (Å²) >= 11 is 0. The van der Waals surface area contributed by atoms with Crippen molar-refractivity contribution in [2.75, 3.05) is 0 Å². The maximum Gasteiger partial charge on any atom is 0.171 e. The molecule has 3 nitrogen and oxygen atoms in total. The van der Waals surface area contributed by atoms with Crippen molar-refractivity contribution in [2.24, 2.45) is 45.3 Å². The number of hydrogen-bond donors (Lipinski definition) is 1. The molecule has 16 heteroatoms. The van der Waals surface area contributed by atoms with Crippen LogP contribution in [0.3, 0.4) is 0 Å². The van der Waals surface area contributed by atoms with E-state index in [0.717, 1.165) is 24.0 Å². The number of carbonyl (C=O) groups excluding carboxylic acids is 1. The van der Waals surface area contributed by atoms with Gasteiger partial charge in [-0.1, -0.05) is 71.2 Å². The topological polar surface area (TPSA) is 46.5 Å². The van der Waals surface area contributed by atoms with Crippen molar-refractivity contribution < 1.29 is 14.4 Å². The van der Waals surface area contributed by atoms with E-state index >= 15 is 0 Å². The van der Waals surface area contributed by atoms with Crippen LogP contribution in [0.1, 0.15) is 82.1 Å². The Bertz CT molecular complexity index is 1030. The third-order valence-electron chi connectivity index (χ3n) is 11.8. The molecule has 3 rings (SSSR count). The number of rotatable bonds is 7. The second-order valence-electron chi connectivity index (χ2n) is 14.1. The molecule has 2 bridgehead atoms. The van der Waals surface area contributed by atoms with Gasteiger partial charge in [-0.05, 0) is 91.8 Å². The minimum atomic E-state index is -1.09. The summed E-state index contributed by atoms with van der Waals surface area (Å²) in [7, 11) is 21.1. The smallest absolute Gasteiger partial charge is 0.171 e. The summed E-state index contributed by atoms with van der Waals surface area (Å²) in [5, 5.41) is 12.2. The molecule has 0 amide bonds. The average Bonchev–Trinajstić information content (AvgIpc) is 2.83. The monoisotopic (exact) mass is 806 g/mol. The van der Waals surface area contributed by atoms with E-state index in [9.17, 15) is 9.90 Å². The molecule has 1 N–H and O–H groups in total. The fraction of sp³-hybridized carbons (Fsp3) is 0.880. The zero-order valence-corrected chi connectivity index (χ0v) is 39.8. The second-order valence-corrected chi connectivity index (χ2v) is 62.9. The third-order valence-corrected chi connectivity index (χ3v) is 82.6. The van der Waals surface area contributed by atoms with Gasteiger partial charge in [0.25, 0.3) is 0 Å². The molecule has 3 aliphatic carbocycles. The molecule has 2 fully saturated rings. The summed E-state index contributed by atoms with van der Waals surface area (Å²) in [4.78, 5) is 14.7. The molecule has 0 saturated heterocycles. The minimum absolute atomic E-state index is 0.0212. The Hall–Kier alpha value is 4.92. The lowest BCUT2D eigenvalue weighted by atomic mass is 9.37. The molecular weight excluding hydrogens is 751 g/mol. The van der Waals surface area contributed by atoms with Crippen molar-refractivity contribution in [3.63, 3.8) is 0 Å². The summed E-state index contributed by atoms with van der Waals surface area (Å²) in [6.45, 7) is 21.7. The molecule has 0 aliphatic heterocycles. The van der Waals surface area contributed by atoms with Crippen molar-refractivity contribution in [3.8, 4) is 0 Å². The van der Waals surface area contributed by atoms with Crippen molar-refractivity contribution in [3.05, 3.63) is 11.1 Å². The van der Waals surface area contributed by atoms with E-state index in [1.54, 1.807) is 0 Å². The Morgan fingerprint density at radius 1 is 0.854 bits per heavy atom. The van der Waals surface area contributed by atoms with E-state index in [1.807, 2.05) is 0 Å². The molecule has 17 unspecified atom stereocenters. The molecular formula is C25H55O3P13. The fourth-order valence-electron chi connectivity index (χ4n) is 8.68. The molecule has 0 heterocycles. The Morgan fingerprint density at radius 3 is 1.83 bits per heavy atom. The molecule has 0 aromatic heterocycles. The van der Waals surface area contributed by atoms with Gasteiger partial charge >= 0.3 is 0 Å². The predicted octanol–water partition coefficient (Wildman–Crippen LogP) is 12.9. The van der Waals surface area contributed by atoms with Crippen LogP contribution >= 0.6 is 105 Å². The molecule has 238 valence electrons. The third kappa shape index (κ3) is 6.97. The molecule has 0 radical (unpaired) electrons. The molecule has 2 saturated carbocycles. The summed E-state index contributed by atoms with van der Waals surface area (Å²) in [6, 6.07) is 0. The number of fused-ring (bicyclic) bond motifs is 3. The SMILES string of the molecule is CC1=C2C(O)C(=O)C3(C)C(C)CC(C)C(C)(C)C3C(C)C(C)(CC1OP(P(P)P(P)P)P(P(P)P)P(P)P)C2(C)C. The van der Waals surface area contributed by atoms with Gasteiger partial charge in [0.05, 0.1) is 13.6 Å². The molecule has 41 heavy (non-hydrogen) atoms. The van der Waals surface area contributed by atoms with E-state index < -0.39 is 26.0 Å². The summed E-state index contributed by atoms with van der Waals surface area (Å²) in [6.07, 6.45) is 0.782. The minimum Gasteiger partial charge on any atom is -0.381 e. The maximum atomic E-state index is 14.7. The Morgan fingerprint density at radius 2 is 1.37 bits per heavy atom. The normalized spacial score (nSPS) is 40.6. The van der Waals surface area contributed by atoms with Crippen molar-refractivity contribution in [1.29, 1.82) is 0 Å². The highest BCUT2D eigenvalue weighted by Gasteiger charge is 2.67. The van der Waals surface area contributed by atoms with Gasteiger partial charge in [0.2, 0.25) is 0 Å². The van der Waals surface area contributed by atoms with Gasteiger partial charge in [0.1, 0.15) is 6.10 Å². The van der Waals surface area contributed by atoms with E-state index in [4.69, 9.17) is 4.52 Å². The van der Waals surface area contributed by atoms with Gasteiger partial charge in [-0.3, -0.25) is 4.79 Å². The van der Waals surface area contributed by atoms with Crippen molar-refractivity contribution in [1.82, 2.24) is 0 Å². The highest BCUT2D eigenvalue weighted by molar-refractivity contribution is 9.19. The zero-order valence-electron chi connectivity index (χ0n) is 26.4. The molecule has 17 atom stereocenters. The summed E-state index contributed by atoms with van der Waals surface area (Å²) < 4.78 is 7.48. The van der Waals surface area contributed by atoms with E-state index in [1.165, 1.54) is 0 Å². The molecule has 0 aromatic rings. The Kier molecular flexibility index (Phi) is 14.4. The van der Waals surface area contributed by atoms with E-state index in [0.29, 0.717) is 5.92 Å². The molecule has 0 spiro atoms. The van der Waals surface area contributed by atoms with Crippen LogP contribution in [0, 0.1) is 45.3 Å². The van der Waals surface area contributed by atoms with Crippen molar-refractivity contribution >= 4 is 111 Å². The largest absolute Gasteiger partial charge is 0.381 e. The number of ketones is 1. The summed E-state index contributed by atoms with van der Waals surface area (Å²) in [5.41, 5.74) is 0.988. The number of carbonyl (C=O) groups is 1. The first-order valence-corrected chi connectivity index (χ1v) is 37.0. The van der Waals surface area contributed by atoms with Crippen LogP contribution in [-0.2, 0) is 9.32 Å². The van der Waals surface area contributed by atoms with Crippen molar-refractivity contribution in [2.45, 2.75) is 94.3 Å². The van der Waals surface area contributed by atoms with E-state index in [2.05, 4.69) is 132 Å². The van der Waals surface area contributed by atoms with Crippen LogP contribution in [0.4, 0.5) is 0 Å². The fourth-order valence-corrected chi connectivity index (χ4v) is 105. The summed E-state index contributed by atoms with van der Waals surface area (Å²) in [5.74, 6) is 1.23. The quantitative estimate of drug-likeness (QED) is 0.206. The van der Waals surface area contributed by atoms with Crippen LogP contribution in [-0.4, -0.2) is 23.1 Å². The standard InChI is InChI=1S/C25H55O3P13/c1-13-11-14(2)25(10)20(22(13,5)6)16(4)24(9)12-17(15(3)18(23(24,7)8)19(26)21(25)27)28-36(40(35)37(29)30)41(38(31)32)39(33)34/h13-14,16-17,19-20,26H,11-12,29-35H2,1-10H3. The lowest BCUT2D eigenvalue weighted by Gasteiger charge is -2.67. The Labute approximate surface area is 274 Å². The highest BCUT2D eigenvalue weighted by atomic mass is 33.2. The van der Waals surface area contributed by atoms with Gasteiger partial charge in [-0.2, -0.15) is 0 Å². The number of aliphatic hydroxyl groups excluding tert-OH is 1. The molecule has 0 aromatic carbocycles. The zero-order chi connectivity index (χ0) is 31.8. The predicted molar refractivity (Wildman–Crippen MR) is 222 cm³/mol. The maximum absolute atomic E-state index is 14.7. The van der Waals surface area contributed by atoms with Crippen LogP contribution in [0.25, 0.3) is 0 Å². The number of Topliss-reactive ketones (excluding diaryl/α,β-unsaturated/α-hetero) is 1. The van der Waals surface area contributed by atoms with Crippen LogP contribution in [0.5, 0.6) is 0 Å². The Balaban J connectivity index is 2.28. The molecule has 3 aliphatic rings. The van der Waals surface area contributed by atoms with Gasteiger partial charge in [0, 0.05) is 19.4 Å². The highest BCUT2D eigenvalue weighted by Crippen LogP contribution is 3.17. The number of hydrogen-bond acceptors (Lipinski definition) is 3. The van der Waals surface area contributed by atoms with E-state index in [-0.39, 0.29) is 73.8 Å². The van der Waals surface area contributed by atoms with Gasteiger partial charge in [0.15, 0.2) is 5.78 Å². The van der Waals surface area contributed by atoms with Crippen LogP contribution in [0.2, 0.25) is 0 Å². The van der Waals surface area contributed by atoms with Crippen LogP contribution in [0.15, 0.2) is 11.1 Å². The van der Waals surface area contributed by atoms with Gasteiger partial charge in [-0.25, -0.2) is 0 Å². The first kappa shape index (κ1) is 40.4. The lowest BCUT2D eigenvalue weighted by Crippen LogP contribution is -2.66. The average molecular weight is 806 g/mol. The van der Waals surface area contributed by atoms with Gasteiger partial charge < -0.3 is 9.63 Å². The van der Waals surface area contributed by atoms with Crippen LogP contribution < -0.4 is 0 Å².